The van der Waals surface area contributed by atoms with Gasteiger partial charge in [0.2, 0.25) is 5.91 Å². The molecule has 2 aromatic carbocycles. The van der Waals surface area contributed by atoms with Crippen LogP contribution in [0.2, 0.25) is 0 Å². The van der Waals surface area contributed by atoms with Crippen molar-refractivity contribution in [3.05, 3.63) is 58.7 Å². The monoisotopic (exact) mass is 409 g/mol. The first kappa shape index (κ1) is 21.8. The lowest BCUT2D eigenvalue weighted by molar-refractivity contribution is -0.135. The fourth-order valence-electron chi connectivity index (χ4n) is 3.47. The average molecular weight is 410 g/mol. The van der Waals surface area contributed by atoms with Gasteiger partial charge in [0.1, 0.15) is 5.75 Å². The Labute approximate surface area is 178 Å². The predicted molar refractivity (Wildman–Crippen MR) is 119 cm³/mol. The Kier molecular flexibility index (Phi) is 7.11. The van der Waals surface area contributed by atoms with E-state index < -0.39 is 0 Å². The molecule has 3 rings (SSSR count). The van der Waals surface area contributed by atoms with E-state index in [0.717, 1.165) is 22.4 Å². The summed E-state index contributed by atoms with van der Waals surface area (Å²) in [5.74, 6) is 0.669. The fourth-order valence-corrected chi connectivity index (χ4v) is 3.47. The van der Waals surface area contributed by atoms with E-state index in [1.54, 1.807) is 4.90 Å². The maximum absolute atomic E-state index is 12.5. The molecule has 0 bridgehead atoms. The Morgan fingerprint density at radius 2 is 1.67 bits per heavy atom. The van der Waals surface area contributed by atoms with Gasteiger partial charge in [-0.05, 0) is 68.1 Å². The third-order valence-electron chi connectivity index (χ3n) is 5.81. The van der Waals surface area contributed by atoms with E-state index in [2.05, 4.69) is 10.2 Å². The minimum Gasteiger partial charge on any atom is -0.484 e. The maximum atomic E-state index is 12.5. The first-order valence-electron chi connectivity index (χ1n) is 10.4. The van der Waals surface area contributed by atoms with Crippen molar-refractivity contribution >= 4 is 17.5 Å². The highest BCUT2D eigenvalue weighted by atomic mass is 16.5. The molecule has 6 nitrogen and oxygen atoms in total. The number of nitrogens with zero attached hydrogens (tertiary/aromatic N) is 2. The van der Waals surface area contributed by atoms with E-state index in [1.165, 1.54) is 5.56 Å². The second-order valence-corrected chi connectivity index (χ2v) is 7.99. The first-order valence-corrected chi connectivity index (χ1v) is 10.4. The van der Waals surface area contributed by atoms with Crippen LogP contribution in [0.4, 0.5) is 5.69 Å². The van der Waals surface area contributed by atoms with Crippen LogP contribution >= 0.6 is 0 Å². The second-order valence-electron chi connectivity index (χ2n) is 7.99. The van der Waals surface area contributed by atoms with E-state index in [0.29, 0.717) is 38.5 Å². The van der Waals surface area contributed by atoms with Crippen molar-refractivity contribution in [1.82, 2.24) is 9.80 Å². The number of nitrogens with one attached hydrogen (secondary N) is 1. The molecule has 0 saturated carbocycles. The van der Waals surface area contributed by atoms with E-state index in [4.69, 9.17) is 4.74 Å². The molecule has 1 saturated heterocycles. The fraction of sp³-hybridized carbons (Fsp3) is 0.417. The number of hydrogen-bond donors (Lipinski definition) is 1. The number of piperazine rings is 1. The first-order chi connectivity index (χ1) is 14.3. The zero-order chi connectivity index (χ0) is 21.7. The lowest BCUT2D eigenvalue weighted by Gasteiger charge is -2.34. The summed E-state index contributed by atoms with van der Waals surface area (Å²) in [5.41, 5.74) is 5.45. The number of carbonyl (C=O) groups is 2. The smallest absolute Gasteiger partial charge is 0.260 e. The van der Waals surface area contributed by atoms with Gasteiger partial charge in [0.25, 0.3) is 5.91 Å². The molecule has 0 atom stereocenters. The lowest BCUT2D eigenvalue weighted by Crippen LogP contribution is -2.51. The molecule has 0 aromatic heterocycles. The number of anilines is 1. The molecule has 1 fully saturated rings. The molecule has 2 amide bonds. The standard InChI is InChI=1S/C24H31N3O3/c1-17-8-9-21(14-19(17)3)30-16-24(29)27-12-10-26(11-13-27)15-23(28)25-22-7-5-6-18(2)20(22)4/h5-9,14H,10-13,15-16H2,1-4H3,(H,25,28). The summed E-state index contributed by atoms with van der Waals surface area (Å²) in [4.78, 5) is 28.8. The molecule has 0 unspecified atom stereocenters. The SMILES string of the molecule is Cc1ccc(OCC(=O)N2CCN(CC(=O)Nc3cccc(C)c3C)CC2)cc1C. The van der Waals surface area contributed by atoms with Gasteiger partial charge < -0.3 is 15.0 Å². The van der Waals surface area contributed by atoms with E-state index >= 15 is 0 Å². The minimum atomic E-state index is -0.0263. The van der Waals surface area contributed by atoms with Crippen molar-refractivity contribution in [1.29, 1.82) is 0 Å². The van der Waals surface area contributed by atoms with Gasteiger partial charge in [0, 0.05) is 31.9 Å². The van der Waals surface area contributed by atoms with Crippen LogP contribution in [0.5, 0.6) is 5.75 Å². The molecule has 0 spiro atoms. The number of carbonyl (C=O) groups excluding carboxylic acids is 2. The van der Waals surface area contributed by atoms with Crippen LogP contribution in [0, 0.1) is 27.7 Å². The van der Waals surface area contributed by atoms with Gasteiger partial charge in [0.15, 0.2) is 6.61 Å². The van der Waals surface area contributed by atoms with Gasteiger partial charge >= 0.3 is 0 Å². The largest absolute Gasteiger partial charge is 0.484 e. The van der Waals surface area contributed by atoms with E-state index in [9.17, 15) is 9.59 Å². The molecule has 160 valence electrons. The summed E-state index contributed by atoms with van der Waals surface area (Å²) < 4.78 is 5.67. The molecule has 1 aliphatic rings. The maximum Gasteiger partial charge on any atom is 0.260 e. The highest BCUT2D eigenvalue weighted by Crippen LogP contribution is 2.18. The average Bonchev–Trinajstić information content (AvgIpc) is 2.72. The third kappa shape index (κ3) is 5.60. The molecule has 1 heterocycles. The van der Waals surface area contributed by atoms with Gasteiger partial charge in [-0.3, -0.25) is 14.5 Å². The lowest BCUT2D eigenvalue weighted by atomic mass is 10.1. The third-order valence-corrected chi connectivity index (χ3v) is 5.81. The Morgan fingerprint density at radius 3 is 2.37 bits per heavy atom. The molecule has 30 heavy (non-hydrogen) atoms. The normalized spacial score (nSPS) is 14.5. The van der Waals surface area contributed by atoms with E-state index in [1.807, 2.05) is 64.1 Å². The number of rotatable bonds is 6. The van der Waals surface area contributed by atoms with Gasteiger partial charge in [-0.1, -0.05) is 18.2 Å². The zero-order valence-electron chi connectivity index (χ0n) is 18.3. The number of aryl methyl sites for hydroxylation is 3. The quantitative estimate of drug-likeness (QED) is 0.797. The van der Waals surface area contributed by atoms with Crippen molar-refractivity contribution in [2.75, 3.05) is 44.6 Å². The summed E-state index contributed by atoms with van der Waals surface area (Å²) >= 11 is 0. The Hall–Kier alpha value is -2.86. The van der Waals surface area contributed by atoms with Crippen LogP contribution in [0.25, 0.3) is 0 Å². The van der Waals surface area contributed by atoms with Crippen molar-refractivity contribution in [3.63, 3.8) is 0 Å². The summed E-state index contributed by atoms with van der Waals surface area (Å²) in [6.07, 6.45) is 0. The predicted octanol–water partition coefficient (Wildman–Crippen LogP) is 3.08. The molecule has 0 aliphatic carbocycles. The molecular formula is C24H31N3O3. The van der Waals surface area contributed by atoms with Crippen LogP contribution in [0.15, 0.2) is 36.4 Å². The van der Waals surface area contributed by atoms with Crippen molar-refractivity contribution < 1.29 is 14.3 Å². The van der Waals surface area contributed by atoms with Crippen LogP contribution in [0.1, 0.15) is 22.3 Å². The molecule has 0 radical (unpaired) electrons. The van der Waals surface area contributed by atoms with Gasteiger partial charge in [-0.25, -0.2) is 0 Å². The Morgan fingerprint density at radius 1 is 0.933 bits per heavy atom. The number of ether oxygens (including phenoxy) is 1. The van der Waals surface area contributed by atoms with E-state index in [-0.39, 0.29) is 18.4 Å². The van der Waals surface area contributed by atoms with Crippen LogP contribution < -0.4 is 10.1 Å². The highest BCUT2D eigenvalue weighted by molar-refractivity contribution is 5.93. The molecule has 1 N–H and O–H groups in total. The molecule has 1 aliphatic heterocycles. The summed E-state index contributed by atoms with van der Waals surface area (Å²) in [6, 6.07) is 11.7. The summed E-state index contributed by atoms with van der Waals surface area (Å²) in [5, 5.41) is 3.00. The Balaban J connectivity index is 1.42. The number of amides is 2. The topological polar surface area (TPSA) is 61.9 Å². The van der Waals surface area contributed by atoms with Gasteiger partial charge in [-0.15, -0.1) is 0 Å². The van der Waals surface area contributed by atoms with Crippen LogP contribution in [0.3, 0.4) is 0 Å². The van der Waals surface area contributed by atoms with Gasteiger partial charge in [0.05, 0.1) is 6.54 Å². The molecule has 2 aromatic rings. The van der Waals surface area contributed by atoms with Crippen molar-refractivity contribution in [3.8, 4) is 5.75 Å². The molecule has 6 heteroatoms. The zero-order valence-corrected chi connectivity index (χ0v) is 18.3. The minimum absolute atomic E-state index is 0.0206. The second kappa shape index (κ2) is 9.76. The molecular weight excluding hydrogens is 378 g/mol. The van der Waals surface area contributed by atoms with Crippen molar-refractivity contribution in [2.45, 2.75) is 27.7 Å². The van der Waals surface area contributed by atoms with Crippen molar-refractivity contribution in [2.24, 2.45) is 0 Å². The number of benzene rings is 2. The van der Waals surface area contributed by atoms with Crippen LogP contribution in [-0.2, 0) is 9.59 Å². The number of hydrogen-bond acceptors (Lipinski definition) is 4. The Bertz CT molecular complexity index is 918. The van der Waals surface area contributed by atoms with Gasteiger partial charge in [-0.2, -0.15) is 0 Å². The summed E-state index contributed by atoms with van der Waals surface area (Å²) in [6.45, 7) is 11.0. The van der Waals surface area contributed by atoms with Crippen LogP contribution in [-0.4, -0.2) is 60.9 Å². The summed E-state index contributed by atoms with van der Waals surface area (Å²) in [7, 11) is 0. The highest BCUT2D eigenvalue weighted by Gasteiger charge is 2.23.